The number of amides is 1. The van der Waals surface area contributed by atoms with Crippen LogP contribution in [-0.2, 0) is 4.74 Å². The van der Waals surface area contributed by atoms with E-state index >= 15 is 0 Å². The molecule has 122 valence electrons. The third-order valence-electron chi connectivity index (χ3n) is 3.64. The fourth-order valence-electron chi connectivity index (χ4n) is 2.42. The Bertz CT molecular complexity index is 878. The van der Waals surface area contributed by atoms with Gasteiger partial charge in [-0.1, -0.05) is 18.2 Å². The van der Waals surface area contributed by atoms with Crippen molar-refractivity contribution in [3.05, 3.63) is 65.4 Å². The van der Waals surface area contributed by atoms with Crippen molar-refractivity contribution < 1.29 is 18.7 Å². The first-order valence-corrected chi connectivity index (χ1v) is 7.66. The number of carbonyl (C=O) groups excluding carboxylic acids is 2. The Morgan fingerprint density at radius 1 is 1.12 bits per heavy atom. The highest BCUT2D eigenvalue weighted by Gasteiger charge is 2.14. The number of rotatable bonds is 4. The van der Waals surface area contributed by atoms with Gasteiger partial charge < -0.3 is 14.5 Å². The van der Waals surface area contributed by atoms with E-state index in [2.05, 4.69) is 5.32 Å². The molecule has 0 aliphatic heterocycles. The molecule has 1 N–H and O–H groups in total. The van der Waals surface area contributed by atoms with Crippen LogP contribution in [0.4, 0.5) is 5.69 Å². The van der Waals surface area contributed by atoms with Crippen LogP contribution in [0.5, 0.6) is 0 Å². The van der Waals surface area contributed by atoms with Crippen LogP contribution in [0.3, 0.4) is 0 Å². The van der Waals surface area contributed by atoms with E-state index in [4.69, 9.17) is 9.15 Å². The number of ether oxygens (including phenoxy) is 1. The average molecular weight is 323 g/mol. The van der Waals surface area contributed by atoms with Gasteiger partial charge in [0.2, 0.25) is 0 Å². The number of furan rings is 1. The van der Waals surface area contributed by atoms with Crippen molar-refractivity contribution in [3.63, 3.8) is 0 Å². The molecule has 0 atom stereocenters. The third kappa shape index (κ3) is 3.15. The molecular formula is C19H17NO4. The monoisotopic (exact) mass is 323 g/mol. The standard InChI is InChI=1S/C19H17NO4/c1-3-23-19(22)14-8-9-15(12(2)10-14)20-18(21)17-11-13-6-4-5-7-16(13)24-17/h4-11H,3H2,1-2H3,(H,20,21). The summed E-state index contributed by atoms with van der Waals surface area (Å²) >= 11 is 0. The largest absolute Gasteiger partial charge is 0.462 e. The molecule has 3 rings (SSSR count). The average Bonchev–Trinajstić information content (AvgIpc) is 3.01. The molecule has 3 aromatic rings. The normalized spacial score (nSPS) is 10.6. The quantitative estimate of drug-likeness (QED) is 0.732. The number of esters is 1. The predicted molar refractivity (Wildman–Crippen MR) is 91.3 cm³/mol. The summed E-state index contributed by atoms with van der Waals surface area (Å²) in [5.74, 6) is -0.473. The van der Waals surface area contributed by atoms with Crippen molar-refractivity contribution in [3.8, 4) is 0 Å². The van der Waals surface area contributed by atoms with Crippen LogP contribution in [0.15, 0.2) is 52.9 Å². The number of hydrogen-bond acceptors (Lipinski definition) is 4. The van der Waals surface area contributed by atoms with Gasteiger partial charge >= 0.3 is 5.97 Å². The van der Waals surface area contributed by atoms with Gasteiger partial charge in [0.25, 0.3) is 5.91 Å². The number of hydrogen-bond donors (Lipinski definition) is 1. The first kappa shape index (κ1) is 15.8. The molecule has 0 aliphatic rings. The molecule has 1 aromatic heterocycles. The van der Waals surface area contributed by atoms with E-state index in [1.807, 2.05) is 31.2 Å². The third-order valence-corrected chi connectivity index (χ3v) is 3.64. The summed E-state index contributed by atoms with van der Waals surface area (Å²) in [6, 6.07) is 14.1. The Kier molecular flexibility index (Phi) is 4.33. The van der Waals surface area contributed by atoms with Crippen molar-refractivity contribution in [2.75, 3.05) is 11.9 Å². The molecule has 1 heterocycles. The minimum Gasteiger partial charge on any atom is -0.462 e. The number of nitrogens with one attached hydrogen (secondary N) is 1. The molecule has 0 radical (unpaired) electrons. The highest BCUT2D eigenvalue weighted by atomic mass is 16.5. The highest BCUT2D eigenvalue weighted by molar-refractivity contribution is 6.05. The van der Waals surface area contributed by atoms with Crippen LogP contribution >= 0.6 is 0 Å². The van der Waals surface area contributed by atoms with Crippen LogP contribution in [0.2, 0.25) is 0 Å². The van der Waals surface area contributed by atoms with Crippen LogP contribution < -0.4 is 5.32 Å². The minimum absolute atomic E-state index is 0.241. The molecule has 5 heteroatoms. The van der Waals surface area contributed by atoms with Gasteiger partial charge in [-0.25, -0.2) is 4.79 Å². The topological polar surface area (TPSA) is 68.5 Å². The highest BCUT2D eigenvalue weighted by Crippen LogP contribution is 2.22. The van der Waals surface area contributed by atoms with Crippen molar-refractivity contribution in [1.82, 2.24) is 0 Å². The van der Waals surface area contributed by atoms with Gasteiger partial charge in [0, 0.05) is 11.1 Å². The number of aryl methyl sites for hydroxylation is 1. The Labute approximate surface area is 139 Å². The van der Waals surface area contributed by atoms with E-state index in [1.54, 1.807) is 31.2 Å². The minimum atomic E-state index is -0.379. The lowest BCUT2D eigenvalue weighted by Gasteiger charge is -2.09. The molecule has 0 saturated carbocycles. The zero-order chi connectivity index (χ0) is 17.1. The maximum Gasteiger partial charge on any atom is 0.338 e. The first-order valence-electron chi connectivity index (χ1n) is 7.66. The summed E-state index contributed by atoms with van der Waals surface area (Å²) in [5.41, 5.74) is 2.51. The Hall–Kier alpha value is -3.08. The number of anilines is 1. The van der Waals surface area contributed by atoms with E-state index in [0.717, 1.165) is 10.9 Å². The van der Waals surface area contributed by atoms with E-state index in [0.29, 0.717) is 23.4 Å². The van der Waals surface area contributed by atoms with Crippen molar-refractivity contribution >= 4 is 28.5 Å². The van der Waals surface area contributed by atoms with Crippen molar-refractivity contribution in [1.29, 1.82) is 0 Å². The summed E-state index contributed by atoms with van der Waals surface area (Å²) in [6.07, 6.45) is 0. The first-order chi connectivity index (χ1) is 11.6. The number of fused-ring (bicyclic) bond motifs is 1. The predicted octanol–water partition coefficient (Wildman–Crippen LogP) is 4.17. The summed E-state index contributed by atoms with van der Waals surface area (Å²) < 4.78 is 10.5. The molecule has 0 spiro atoms. The Morgan fingerprint density at radius 2 is 1.92 bits per heavy atom. The number of benzene rings is 2. The van der Waals surface area contributed by atoms with Gasteiger partial charge in [-0.2, -0.15) is 0 Å². The lowest BCUT2D eigenvalue weighted by atomic mass is 10.1. The molecule has 0 fully saturated rings. The number of carbonyl (C=O) groups is 2. The van der Waals surface area contributed by atoms with Gasteiger partial charge in [0.15, 0.2) is 5.76 Å². The van der Waals surface area contributed by atoms with Crippen molar-refractivity contribution in [2.45, 2.75) is 13.8 Å². The smallest absolute Gasteiger partial charge is 0.338 e. The van der Waals surface area contributed by atoms with E-state index < -0.39 is 0 Å². The maximum absolute atomic E-state index is 12.4. The Balaban J connectivity index is 1.80. The van der Waals surface area contributed by atoms with Gasteiger partial charge in [-0.05, 0) is 49.7 Å². The molecular weight excluding hydrogens is 306 g/mol. The molecule has 0 saturated heterocycles. The van der Waals surface area contributed by atoms with Crippen LogP contribution in [-0.4, -0.2) is 18.5 Å². The Morgan fingerprint density at radius 3 is 2.62 bits per heavy atom. The summed E-state index contributed by atoms with van der Waals surface area (Å²) in [4.78, 5) is 24.1. The molecule has 2 aromatic carbocycles. The molecule has 1 amide bonds. The second-order valence-electron chi connectivity index (χ2n) is 5.35. The fraction of sp³-hybridized carbons (Fsp3) is 0.158. The maximum atomic E-state index is 12.4. The summed E-state index contributed by atoms with van der Waals surface area (Å²) in [7, 11) is 0. The lowest BCUT2D eigenvalue weighted by molar-refractivity contribution is 0.0526. The zero-order valence-electron chi connectivity index (χ0n) is 13.5. The van der Waals surface area contributed by atoms with Crippen molar-refractivity contribution in [2.24, 2.45) is 0 Å². The van der Waals surface area contributed by atoms with E-state index in [1.165, 1.54) is 0 Å². The van der Waals surface area contributed by atoms with Crippen LogP contribution in [0.1, 0.15) is 33.4 Å². The summed E-state index contributed by atoms with van der Waals surface area (Å²) in [5, 5.41) is 3.67. The number of para-hydroxylation sites is 1. The van der Waals surface area contributed by atoms with Crippen LogP contribution in [0.25, 0.3) is 11.0 Å². The molecule has 0 bridgehead atoms. The second kappa shape index (κ2) is 6.58. The van der Waals surface area contributed by atoms with Gasteiger partial charge in [-0.3, -0.25) is 4.79 Å². The fourth-order valence-corrected chi connectivity index (χ4v) is 2.42. The second-order valence-corrected chi connectivity index (χ2v) is 5.35. The zero-order valence-corrected chi connectivity index (χ0v) is 13.5. The molecule has 0 unspecified atom stereocenters. The van der Waals surface area contributed by atoms with Gasteiger partial charge in [-0.15, -0.1) is 0 Å². The molecule has 5 nitrogen and oxygen atoms in total. The SMILES string of the molecule is CCOC(=O)c1ccc(NC(=O)c2cc3ccccc3o2)c(C)c1. The lowest BCUT2D eigenvalue weighted by Crippen LogP contribution is -2.12. The van der Waals surface area contributed by atoms with Gasteiger partial charge in [0.05, 0.1) is 12.2 Å². The molecule has 0 aliphatic carbocycles. The van der Waals surface area contributed by atoms with Crippen LogP contribution in [0, 0.1) is 6.92 Å². The van der Waals surface area contributed by atoms with E-state index in [9.17, 15) is 9.59 Å². The molecule has 24 heavy (non-hydrogen) atoms. The summed E-state index contributed by atoms with van der Waals surface area (Å²) in [6.45, 7) is 3.89. The van der Waals surface area contributed by atoms with Gasteiger partial charge in [0.1, 0.15) is 5.58 Å². The van der Waals surface area contributed by atoms with E-state index in [-0.39, 0.29) is 17.6 Å².